The normalized spacial score (nSPS) is 30.1. The first-order chi connectivity index (χ1) is 8.35. The van der Waals surface area contributed by atoms with Crippen molar-refractivity contribution in [3.8, 4) is 0 Å². The van der Waals surface area contributed by atoms with E-state index in [9.17, 15) is 22.8 Å². The number of rotatable bonds is 1. The third kappa shape index (κ3) is 1.31. The van der Waals surface area contributed by atoms with Gasteiger partial charge in [0, 0.05) is 0 Å². The lowest BCUT2D eigenvalue weighted by molar-refractivity contribution is -0.137. The van der Waals surface area contributed by atoms with E-state index in [0.717, 1.165) is 12.1 Å². The van der Waals surface area contributed by atoms with Crippen molar-refractivity contribution in [3.63, 3.8) is 0 Å². The number of benzene rings is 1. The molecule has 18 heavy (non-hydrogen) atoms. The molecule has 2 amide bonds. The van der Waals surface area contributed by atoms with E-state index in [0.29, 0.717) is 12.0 Å². The Bertz CT molecular complexity index is 549. The van der Waals surface area contributed by atoms with E-state index in [1.807, 2.05) is 0 Å². The van der Waals surface area contributed by atoms with Crippen LogP contribution in [0, 0.1) is 5.92 Å². The average molecular weight is 255 g/mol. The van der Waals surface area contributed by atoms with Crippen molar-refractivity contribution in [1.29, 1.82) is 0 Å². The minimum absolute atomic E-state index is 0.333. The van der Waals surface area contributed by atoms with E-state index in [1.165, 1.54) is 12.1 Å². The molecule has 2 aliphatic rings. The molecule has 2 unspecified atom stereocenters. The highest BCUT2D eigenvalue weighted by Crippen LogP contribution is 2.57. The van der Waals surface area contributed by atoms with Crippen molar-refractivity contribution in [2.24, 2.45) is 5.92 Å². The second kappa shape index (κ2) is 3.13. The molecule has 1 saturated heterocycles. The summed E-state index contributed by atoms with van der Waals surface area (Å²) in [6.07, 6.45) is -4.00. The second-order valence-electron chi connectivity index (χ2n) is 4.62. The summed E-state index contributed by atoms with van der Waals surface area (Å²) in [5, 5.41) is 2.20. The Morgan fingerprint density at radius 2 is 1.78 bits per heavy atom. The highest BCUT2D eigenvalue weighted by atomic mass is 19.4. The fourth-order valence-electron chi connectivity index (χ4n) is 2.55. The molecule has 94 valence electrons. The molecule has 1 N–H and O–H groups in total. The van der Waals surface area contributed by atoms with Crippen LogP contribution >= 0.6 is 0 Å². The van der Waals surface area contributed by atoms with Gasteiger partial charge in [-0.25, -0.2) is 0 Å². The predicted octanol–water partition coefficient (Wildman–Crippen LogP) is 1.62. The van der Waals surface area contributed by atoms with E-state index in [1.54, 1.807) is 0 Å². The molecule has 1 saturated carbocycles. The zero-order valence-corrected chi connectivity index (χ0v) is 9.04. The van der Waals surface area contributed by atoms with Crippen LogP contribution in [0.3, 0.4) is 0 Å². The molecule has 2 atom stereocenters. The SMILES string of the molecule is O=C1NC(=O)C2(c3ccc(C(F)(F)F)cc3)CC12. The molecule has 0 bridgehead atoms. The number of hydrogen-bond donors (Lipinski definition) is 1. The first-order valence-corrected chi connectivity index (χ1v) is 5.39. The lowest BCUT2D eigenvalue weighted by atomic mass is 9.93. The van der Waals surface area contributed by atoms with Gasteiger partial charge in [-0.15, -0.1) is 0 Å². The van der Waals surface area contributed by atoms with Gasteiger partial charge in [0.2, 0.25) is 11.8 Å². The summed E-state index contributed by atoms with van der Waals surface area (Å²) in [6, 6.07) is 4.44. The highest BCUT2D eigenvalue weighted by molar-refractivity contribution is 6.15. The average Bonchev–Trinajstić information content (AvgIpc) is 2.99. The molecule has 3 rings (SSSR count). The van der Waals surface area contributed by atoms with Gasteiger partial charge < -0.3 is 0 Å². The molecule has 1 aliphatic heterocycles. The monoisotopic (exact) mass is 255 g/mol. The van der Waals surface area contributed by atoms with Crippen LogP contribution in [0.25, 0.3) is 0 Å². The molecule has 0 spiro atoms. The third-order valence-electron chi connectivity index (χ3n) is 3.65. The molecule has 0 radical (unpaired) electrons. The fraction of sp³-hybridized carbons (Fsp3) is 0.333. The van der Waals surface area contributed by atoms with Crippen LogP contribution in [0.15, 0.2) is 24.3 Å². The highest BCUT2D eigenvalue weighted by Gasteiger charge is 2.69. The van der Waals surface area contributed by atoms with Crippen LogP contribution in [-0.4, -0.2) is 11.8 Å². The summed E-state index contributed by atoms with van der Waals surface area (Å²) in [5.74, 6) is -1.15. The summed E-state index contributed by atoms with van der Waals surface area (Å²) in [7, 11) is 0. The van der Waals surface area contributed by atoms with E-state index in [4.69, 9.17) is 0 Å². The van der Waals surface area contributed by atoms with Gasteiger partial charge in [0.1, 0.15) is 0 Å². The minimum Gasteiger partial charge on any atom is -0.295 e. The summed E-state index contributed by atoms with van der Waals surface area (Å²) < 4.78 is 37.2. The van der Waals surface area contributed by atoms with Gasteiger partial charge in [0.15, 0.2) is 0 Å². The molecule has 1 aromatic carbocycles. The molecule has 6 heteroatoms. The zero-order valence-electron chi connectivity index (χ0n) is 9.04. The smallest absolute Gasteiger partial charge is 0.295 e. The van der Waals surface area contributed by atoms with Crippen molar-refractivity contribution < 1.29 is 22.8 Å². The van der Waals surface area contributed by atoms with Crippen molar-refractivity contribution in [2.75, 3.05) is 0 Å². The predicted molar refractivity (Wildman–Crippen MR) is 54.4 cm³/mol. The topological polar surface area (TPSA) is 46.2 Å². The Balaban J connectivity index is 1.96. The maximum absolute atomic E-state index is 12.4. The van der Waals surface area contributed by atoms with E-state index in [-0.39, 0.29) is 5.91 Å². The minimum atomic E-state index is -4.40. The number of imide groups is 1. The Morgan fingerprint density at radius 1 is 1.17 bits per heavy atom. The zero-order chi connectivity index (χ0) is 13.1. The van der Waals surface area contributed by atoms with Crippen molar-refractivity contribution in [3.05, 3.63) is 35.4 Å². The Labute approximate surface area is 100.0 Å². The summed E-state index contributed by atoms with van der Waals surface area (Å²) in [4.78, 5) is 23.0. The number of amides is 2. The van der Waals surface area contributed by atoms with Crippen LogP contribution in [0.5, 0.6) is 0 Å². The molecule has 2 fully saturated rings. The maximum Gasteiger partial charge on any atom is 0.416 e. The Morgan fingerprint density at radius 3 is 2.17 bits per heavy atom. The summed E-state index contributed by atoms with van der Waals surface area (Å²) >= 11 is 0. The van der Waals surface area contributed by atoms with Crippen molar-refractivity contribution in [1.82, 2.24) is 5.32 Å². The van der Waals surface area contributed by atoms with E-state index >= 15 is 0 Å². The first-order valence-electron chi connectivity index (χ1n) is 5.39. The van der Waals surface area contributed by atoms with Gasteiger partial charge in [-0.05, 0) is 24.1 Å². The van der Waals surface area contributed by atoms with Crippen LogP contribution in [0.4, 0.5) is 13.2 Å². The standard InChI is InChI=1S/C12H8F3NO2/c13-12(14,15)7-3-1-6(2-4-7)11-5-8(11)9(17)16-10(11)18/h1-4,8H,5H2,(H,16,17,18). The first kappa shape index (κ1) is 11.3. The number of halogens is 3. The molecule has 0 aromatic heterocycles. The number of fused-ring (bicyclic) bond motifs is 1. The van der Waals surface area contributed by atoms with Gasteiger partial charge in [-0.3, -0.25) is 14.9 Å². The summed E-state index contributed by atoms with van der Waals surface area (Å²) in [5.41, 5.74) is -1.20. The van der Waals surface area contributed by atoms with Gasteiger partial charge in [0.05, 0.1) is 16.9 Å². The molecule has 1 heterocycles. The maximum atomic E-state index is 12.4. The molecule has 1 aliphatic carbocycles. The molecule has 1 aromatic rings. The number of alkyl halides is 3. The van der Waals surface area contributed by atoms with Crippen molar-refractivity contribution >= 4 is 11.8 Å². The number of hydrogen-bond acceptors (Lipinski definition) is 2. The van der Waals surface area contributed by atoms with Gasteiger partial charge in [-0.1, -0.05) is 12.1 Å². The largest absolute Gasteiger partial charge is 0.416 e. The lowest BCUT2D eigenvalue weighted by Gasteiger charge is -2.12. The molecule has 3 nitrogen and oxygen atoms in total. The van der Waals surface area contributed by atoms with Crippen LogP contribution in [0.2, 0.25) is 0 Å². The van der Waals surface area contributed by atoms with Crippen LogP contribution in [-0.2, 0) is 21.2 Å². The lowest BCUT2D eigenvalue weighted by Crippen LogP contribution is -2.30. The summed E-state index contributed by atoms with van der Waals surface area (Å²) in [6.45, 7) is 0. The fourth-order valence-corrected chi connectivity index (χ4v) is 2.55. The number of piperidine rings is 1. The number of carbonyl (C=O) groups is 2. The van der Waals surface area contributed by atoms with E-state index < -0.39 is 29.0 Å². The number of carbonyl (C=O) groups excluding carboxylic acids is 2. The molecular formula is C12H8F3NO2. The Kier molecular flexibility index (Phi) is 1.95. The van der Waals surface area contributed by atoms with Crippen LogP contribution < -0.4 is 5.32 Å². The molecular weight excluding hydrogens is 247 g/mol. The van der Waals surface area contributed by atoms with Gasteiger partial charge >= 0.3 is 6.18 Å². The third-order valence-corrected chi connectivity index (χ3v) is 3.65. The van der Waals surface area contributed by atoms with E-state index in [2.05, 4.69) is 5.32 Å². The van der Waals surface area contributed by atoms with Gasteiger partial charge in [0.25, 0.3) is 0 Å². The van der Waals surface area contributed by atoms with Crippen molar-refractivity contribution in [2.45, 2.75) is 18.0 Å². The quantitative estimate of drug-likeness (QED) is 0.775. The van der Waals surface area contributed by atoms with Crippen LogP contribution in [0.1, 0.15) is 17.5 Å². The van der Waals surface area contributed by atoms with Gasteiger partial charge in [-0.2, -0.15) is 13.2 Å². The Hall–Kier alpha value is -1.85. The second-order valence-corrected chi connectivity index (χ2v) is 4.62. The number of nitrogens with one attached hydrogen (secondary N) is 1.